The fraction of sp³-hybridized carbons (Fsp3) is 0. The van der Waals surface area contributed by atoms with Crippen LogP contribution in [0, 0.1) is 0 Å². The minimum absolute atomic E-state index is 0.315. The third-order valence-electron chi connectivity index (χ3n) is 2.59. The molecule has 0 spiro atoms. The molecule has 0 unspecified atom stereocenters. The number of aromatic nitrogens is 1. The zero-order valence-electron chi connectivity index (χ0n) is 9.25. The molecule has 0 saturated carbocycles. The van der Waals surface area contributed by atoms with E-state index in [1.165, 1.54) is 0 Å². The van der Waals surface area contributed by atoms with Gasteiger partial charge >= 0.3 is 0 Å². The monoisotopic (exact) mass is 331 g/mol. The Morgan fingerprint density at radius 2 is 1.58 bits per heavy atom. The quantitative estimate of drug-likeness (QED) is 0.537. The van der Waals surface area contributed by atoms with Gasteiger partial charge in [0.2, 0.25) is 5.89 Å². The summed E-state index contributed by atoms with van der Waals surface area (Å²) in [6.07, 6.45) is 0. The van der Waals surface area contributed by atoms with Gasteiger partial charge in [-0.25, -0.2) is 4.98 Å². The Labute approximate surface area is 128 Å². The molecule has 0 aliphatic heterocycles. The maximum atomic E-state index is 6.12. The van der Waals surface area contributed by atoms with Crippen LogP contribution in [0.3, 0.4) is 0 Å². The van der Waals surface area contributed by atoms with Crippen LogP contribution in [0.2, 0.25) is 20.1 Å². The number of fused-ring (bicyclic) bond motifs is 1. The number of oxazole rings is 1. The van der Waals surface area contributed by atoms with Crippen LogP contribution in [0.5, 0.6) is 0 Å². The van der Waals surface area contributed by atoms with E-state index < -0.39 is 0 Å². The molecule has 0 amide bonds. The molecule has 3 rings (SSSR count). The summed E-state index contributed by atoms with van der Waals surface area (Å²) in [7, 11) is 0. The second kappa shape index (κ2) is 4.88. The first-order valence-corrected chi connectivity index (χ1v) is 6.77. The van der Waals surface area contributed by atoms with Gasteiger partial charge in [0.25, 0.3) is 0 Å². The van der Waals surface area contributed by atoms with Gasteiger partial charge in [-0.05, 0) is 24.3 Å². The van der Waals surface area contributed by atoms with Crippen molar-refractivity contribution in [2.45, 2.75) is 0 Å². The predicted octanol–water partition coefficient (Wildman–Crippen LogP) is 6.11. The fourth-order valence-corrected chi connectivity index (χ4v) is 2.85. The standard InChI is InChI=1S/C13H5Cl4NO/c14-6-4-9(17)12-10(5-6)18-13(19-12)11-7(15)2-1-3-8(11)16/h1-5H. The molecule has 0 atom stereocenters. The summed E-state index contributed by atoms with van der Waals surface area (Å²) in [6, 6.07) is 8.44. The van der Waals surface area contributed by atoms with Gasteiger partial charge in [-0.1, -0.05) is 52.5 Å². The molecule has 0 bridgehead atoms. The average Bonchev–Trinajstić information content (AvgIpc) is 2.72. The Bertz CT molecular complexity index is 761. The number of rotatable bonds is 1. The number of hydrogen-bond acceptors (Lipinski definition) is 2. The van der Waals surface area contributed by atoms with Crippen molar-refractivity contribution in [3.63, 3.8) is 0 Å². The lowest BCUT2D eigenvalue weighted by Gasteiger charge is -2.01. The van der Waals surface area contributed by atoms with E-state index >= 15 is 0 Å². The summed E-state index contributed by atoms with van der Waals surface area (Å²) in [5.74, 6) is 0.315. The third kappa shape index (κ3) is 2.30. The fourth-order valence-electron chi connectivity index (χ4n) is 1.77. The van der Waals surface area contributed by atoms with E-state index in [2.05, 4.69) is 4.98 Å². The highest BCUT2D eigenvalue weighted by molar-refractivity contribution is 6.39. The van der Waals surface area contributed by atoms with Crippen molar-refractivity contribution < 1.29 is 4.42 Å². The van der Waals surface area contributed by atoms with Crippen molar-refractivity contribution in [1.29, 1.82) is 0 Å². The van der Waals surface area contributed by atoms with Crippen molar-refractivity contribution in [2.24, 2.45) is 0 Å². The Balaban J connectivity index is 2.30. The first kappa shape index (κ1) is 13.1. The van der Waals surface area contributed by atoms with Gasteiger partial charge in [0.15, 0.2) is 5.58 Å². The van der Waals surface area contributed by atoms with E-state index in [1.54, 1.807) is 30.3 Å². The van der Waals surface area contributed by atoms with E-state index in [0.717, 1.165) is 0 Å². The third-order valence-corrected chi connectivity index (χ3v) is 3.72. The van der Waals surface area contributed by atoms with Crippen LogP contribution in [-0.4, -0.2) is 4.98 Å². The highest BCUT2D eigenvalue weighted by atomic mass is 35.5. The van der Waals surface area contributed by atoms with Crippen molar-refractivity contribution in [3.05, 3.63) is 50.4 Å². The Morgan fingerprint density at radius 1 is 0.895 bits per heavy atom. The minimum atomic E-state index is 0.315. The minimum Gasteiger partial charge on any atom is -0.434 e. The largest absolute Gasteiger partial charge is 0.434 e. The second-order valence-corrected chi connectivity index (χ2v) is 5.51. The van der Waals surface area contributed by atoms with Crippen molar-refractivity contribution in [2.75, 3.05) is 0 Å². The topological polar surface area (TPSA) is 26.0 Å². The molecule has 1 heterocycles. The normalized spacial score (nSPS) is 11.2. The van der Waals surface area contributed by atoms with Crippen LogP contribution in [0.15, 0.2) is 34.7 Å². The van der Waals surface area contributed by atoms with Gasteiger partial charge in [-0.15, -0.1) is 0 Å². The van der Waals surface area contributed by atoms with Crippen LogP contribution in [0.4, 0.5) is 0 Å². The maximum Gasteiger partial charge on any atom is 0.230 e. The van der Waals surface area contributed by atoms with Crippen LogP contribution < -0.4 is 0 Å². The summed E-state index contributed by atoms with van der Waals surface area (Å²) >= 11 is 24.2. The van der Waals surface area contributed by atoms with Crippen LogP contribution in [-0.2, 0) is 0 Å². The smallest absolute Gasteiger partial charge is 0.230 e. The molecular formula is C13H5Cl4NO. The molecule has 0 radical (unpaired) electrons. The number of hydrogen-bond donors (Lipinski definition) is 0. The van der Waals surface area contributed by atoms with Crippen molar-refractivity contribution >= 4 is 57.5 Å². The highest BCUT2D eigenvalue weighted by Gasteiger charge is 2.16. The van der Waals surface area contributed by atoms with Crippen LogP contribution in [0.25, 0.3) is 22.6 Å². The van der Waals surface area contributed by atoms with Gasteiger partial charge in [0, 0.05) is 5.02 Å². The molecule has 0 aliphatic carbocycles. The SMILES string of the molecule is Clc1cc(Cl)c2oc(-c3c(Cl)cccc3Cl)nc2c1. The van der Waals surface area contributed by atoms with Gasteiger partial charge in [0.05, 0.1) is 20.6 Å². The predicted molar refractivity (Wildman–Crippen MR) is 79.5 cm³/mol. The maximum absolute atomic E-state index is 6.12. The Hall–Kier alpha value is -0.930. The van der Waals surface area contributed by atoms with Crippen LogP contribution in [0.1, 0.15) is 0 Å². The first-order chi connectivity index (χ1) is 9.06. The molecule has 0 N–H and O–H groups in total. The summed E-state index contributed by atoms with van der Waals surface area (Å²) < 4.78 is 5.63. The summed E-state index contributed by atoms with van der Waals surface area (Å²) in [4.78, 5) is 4.32. The van der Waals surface area contributed by atoms with E-state index in [1.807, 2.05) is 0 Å². The Kier molecular flexibility index (Phi) is 3.35. The Morgan fingerprint density at radius 3 is 2.26 bits per heavy atom. The summed E-state index contributed by atoms with van der Waals surface area (Å²) in [5.41, 5.74) is 1.55. The molecule has 3 aromatic rings. The van der Waals surface area contributed by atoms with E-state index in [9.17, 15) is 0 Å². The summed E-state index contributed by atoms with van der Waals surface area (Å²) in [5, 5.41) is 1.80. The first-order valence-electron chi connectivity index (χ1n) is 5.26. The van der Waals surface area contributed by atoms with E-state index in [0.29, 0.717) is 42.6 Å². The average molecular weight is 333 g/mol. The summed E-state index contributed by atoms with van der Waals surface area (Å²) in [6.45, 7) is 0. The lowest BCUT2D eigenvalue weighted by atomic mass is 10.2. The highest BCUT2D eigenvalue weighted by Crippen LogP contribution is 2.37. The van der Waals surface area contributed by atoms with E-state index in [4.69, 9.17) is 50.8 Å². The van der Waals surface area contributed by atoms with Gasteiger partial charge in [0.1, 0.15) is 5.52 Å². The molecular weight excluding hydrogens is 328 g/mol. The number of halogens is 4. The number of benzene rings is 2. The van der Waals surface area contributed by atoms with E-state index in [-0.39, 0.29) is 0 Å². The zero-order chi connectivity index (χ0) is 13.6. The van der Waals surface area contributed by atoms with Gasteiger partial charge in [-0.3, -0.25) is 0 Å². The van der Waals surface area contributed by atoms with Gasteiger partial charge < -0.3 is 4.42 Å². The molecule has 2 aromatic carbocycles. The molecule has 19 heavy (non-hydrogen) atoms. The zero-order valence-corrected chi connectivity index (χ0v) is 12.3. The lowest BCUT2D eigenvalue weighted by molar-refractivity contribution is 0.620. The molecule has 96 valence electrons. The molecule has 2 nitrogen and oxygen atoms in total. The molecule has 0 fully saturated rings. The molecule has 0 aliphatic rings. The number of nitrogens with zero attached hydrogens (tertiary/aromatic N) is 1. The lowest BCUT2D eigenvalue weighted by Crippen LogP contribution is -1.80. The second-order valence-electron chi connectivity index (χ2n) is 3.85. The van der Waals surface area contributed by atoms with Gasteiger partial charge in [-0.2, -0.15) is 0 Å². The molecule has 1 aromatic heterocycles. The van der Waals surface area contributed by atoms with Crippen LogP contribution >= 0.6 is 46.4 Å². The molecule has 0 saturated heterocycles. The van der Waals surface area contributed by atoms with Crippen molar-refractivity contribution in [3.8, 4) is 11.5 Å². The molecule has 6 heteroatoms. The van der Waals surface area contributed by atoms with Crippen molar-refractivity contribution in [1.82, 2.24) is 4.98 Å².